The standard InChI is InChI=1S/C26H30N2O6/c1-15(2)13-22(25(30)31)27-24(29)23-21(11-12-33-23)28-26(32)34-14-20-18-9-5-3-7-16(18)17-8-4-6-10-19(17)20/h3-10,15,20-23H,11-14H2,1-2H3,(H,27,29)(H,28,32)(H,30,31)/t21?,22-,23?/m1/s1. The van der Waals surface area contributed by atoms with Crippen LogP contribution in [0, 0.1) is 5.92 Å². The van der Waals surface area contributed by atoms with Crippen molar-refractivity contribution < 1.29 is 29.0 Å². The number of amides is 2. The van der Waals surface area contributed by atoms with E-state index >= 15 is 0 Å². The minimum atomic E-state index is -1.10. The van der Waals surface area contributed by atoms with Gasteiger partial charge in [-0.25, -0.2) is 9.59 Å². The summed E-state index contributed by atoms with van der Waals surface area (Å²) in [5, 5.41) is 14.7. The van der Waals surface area contributed by atoms with Crippen LogP contribution in [-0.2, 0) is 19.1 Å². The summed E-state index contributed by atoms with van der Waals surface area (Å²) in [5.74, 6) is -1.61. The van der Waals surface area contributed by atoms with E-state index in [-0.39, 0.29) is 25.0 Å². The van der Waals surface area contributed by atoms with Crippen molar-refractivity contribution in [1.29, 1.82) is 0 Å². The number of carbonyl (C=O) groups is 3. The molecule has 2 aromatic carbocycles. The lowest BCUT2D eigenvalue weighted by molar-refractivity contribution is -0.144. The van der Waals surface area contributed by atoms with Gasteiger partial charge < -0.3 is 25.2 Å². The van der Waals surface area contributed by atoms with Gasteiger partial charge in [0.2, 0.25) is 0 Å². The first kappa shape index (κ1) is 23.8. The molecular formula is C26H30N2O6. The normalized spacial score (nSPS) is 19.9. The highest BCUT2D eigenvalue weighted by atomic mass is 16.6. The largest absolute Gasteiger partial charge is 0.480 e. The van der Waals surface area contributed by atoms with Crippen LogP contribution in [0.5, 0.6) is 0 Å². The van der Waals surface area contributed by atoms with Crippen LogP contribution in [0.15, 0.2) is 48.5 Å². The molecule has 0 bridgehead atoms. The van der Waals surface area contributed by atoms with Crippen molar-refractivity contribution in [3.63, 3.8) is 0 Å². The highest BCUT2D eigenvalue weighted by Crippen LogP contribution is 2.44. The molecule has 1 aliphatic carbocycles. The van der Waals surface area contributed by atoms with Gasteiger partial charge in [-0.1, -0.05) is 62.4 Å². The summed E-state index contributed by atoms with van der Waals surface area (Å²) in [6.07, 6.45) is -0.857. The molecule has 8 nitrogen and oxygen atoms in total. The van der Waals surface area contributed by atoms with Gasteiger partial charge in [0.1, 0.15) is 12.6 Å². The van der Waals surface area contributed by atoms with Gasteiger partial charge in [0.05, 0.1) is 6.04 Å². The van der Waals surface area contributed by atoms with Crippen LogP contribution in [0.2, 0.25) is 0 Å². The Hall–Kier alpha value is -3.39. The van der Waals surface area contributed by atoms with Crippen LogP contribution >= 0.6 is 0 Å². The van der Waals surface area contributed by atoms with E-state index in [0.29, 0.717) is 12.8 Å². The van der Waals surface area contributed by atoms with Crippen molar-refractivity contribution in [3.8, 4) is 11.1 Å². The molecule has 0 radical (unpaired) electrons. The lowest BCUT2D eigenvalue weighted by Crippen LogP contribution is -2.52. The summed E-state index contributed by atoms with van der Waals surface area (Å²) in [7, 11) is 0. The Bertz CT molecular complexity index is 1020. The number of hydrogen-bond acceptors (Lipinski definition) is 5. The monoisotopic (exact) mass is 466 g/mol. The first-order chi connectivity index (χ1) is 16.3. The Kier molecular flexibility index (Phi) is 7.17. The maximum Gasteiger partial charge on any atom is 0.407 e. The van der Waals surface area contributed by atoms with Crippen LogP contribution in [-0.4, -0.2) is 54.5 Å². The molecule has 180 valence electrons. The molecule has 2 unspecified atom stereocenters. The van der Waals surface area contributed by atoms with Crippen molar-refractivity contribution >= 4 is 18.0 Å². The Morgan fingerprint density at radius 3 is 2.26 bits per heavy atom. The molecule has 3 atom stereocenters. The third-order valence-electron chi connectivity index (χ3n) is 6.32. The quantitative estimate of drug-likeness (QED) is 0.550. The minimum Gasteiger partial charge on any atom is -0.480 e. The van der Waals surface area contributed by atoms with Gasteiger partial charge in [0.25, 0.3) is 5.91 Å². The van der Waals surface area contributed by atoms with Gasteiger partial charge in [0.15, 0.2) is 6.10 Å². The van der Waals surface area contributed by atoms with Gasteiger partial charge in [-0.3, -0.25) is 4.79 Å². The summed E-state index contributed by atoms with van der Waals surface area (Å²) in [6.45, 7) is 4.22. The molecule has 1 saturated heterocycles. The second kappa shape index (κ2) is 10.3. The molecule has 4 rings (SSSR count). The van der Waals surface area contributed by atoms with E-state index in [1.807, 2.05) is 50.2 Å². The average Bonchev–Trinajstić information content (AvgIpc) is 3.39. The Labute approximate surface area is 198 Å². The predicted octanol–water partition coefficient (Wildman–Crippen LogP) is 3.30. The number of aliphatic carboxylic acids is 1. The van der Waals surface area contributed by atoms with E-state index in [2.05, 4.69) is 22.8 Å². The van der Waals surface area contributed by atoms with Crippen molar-refractivity contribution in [2.45, 2.75) is 50.8 Å². The maximum atomic E-state index is 12.7. The SMILES string of the molecule is CC(C)C[C@@H](NC(=O)C1OCCC1NC(=O)OCC1c2ccccc2-c2ccccc21)C(=O)O. The van der Waals surface area contributed by atoms with Crippen molar-refractivity contribution in [1.82, 2.24) is 10.6 Å². The number of alkyl carbamates (subject to hydrolysis) is 1. The number of carbonyl (C=O) groups excluding carboxylic acids is 2. The molecule has 2 amide bonds. The van der Waals surface area contributed by atoms with Gasteiger partial charge in [-0.2, -0.15) is 0 Å². The van der Waals surface area contributed by atoms with Gasteiger partial charge in [0, 0.05) is 12.5 Å². The van der Waals surface area contributed by atoms with Crippen LogP contribution in [0.4, 0.5) is 4.79 Å². The molecule has 1 fully saturated rings. The van der Waals surface area contributed by atoms with Gasteiger partial charge >= 0.3 is 12.1 Å². The predicted molar refractivity (Wildman–Crippen MR) is 125 cm³/mol. The van der Waals surface area contributed by atoms with E-state index in [1.54, 1.807) is 0 Å². The Morgan fingerprint density at radius 2 is 1.68 bits per heavy atom. The second-order valence-corrected chi connectivity index (χ2v) is 9.19. The first-order valence-electron chi connectivity index (χ1n) is 11.6. The Morgan fingerprint density at radius 1 is 1.06 bits per heavy atom. The number of benzene rings is 2. The molecule has 3 N–H and O–H groups in total. The smallest absolute Gasteiger partial charge is 0.407 e. The van der Waals surface area contributed by atoms with Gasteiger partial charge in [-0.05, 0) is 41.0 Å². The van der Waals surface area contributed by atoms with E-state index in [1.165, 1.54) is 0 Å². The lowest BCUT2D eigenvalue weighted by Gasteiger charge is -2.23. The molecule has 1 aliphatic heterocycles. The number of carboxylic acid groups (broad SMARTS) is 1. The highest BCUT2D eigenvalue weighted by molar-refractivity contribution is 5.87. The summed E-state index contributed by atoms with van der Waals surface area (Å²) in [4.78, 5) is 36.8. The topological polar surface area (TPSA) is 114 Å². The average molecular weight is 467 g/mol. The number of fused-ring (bicyclic) bond motifs is 3. The number of nitrogens with one attached hydrogen (secondary N) is 2. The lowest BCUT2D eigenvalue weighted by atomic mass is 9.98. The zero-order valence-corrected chi connectivity index (χ0v) is 19.3. The third-order valence-corrected chi connectivity index (χ3v) is 6.32. The van der Waals surface area contributed by atoms with E-state index in [0.717, 1.165) is 22.3 Å². The van der Waals surface area contributed by atoms with Crippen LogP contribution in [0.3, 0.4) is 0 Å². The molecule has 8 heteroatoms. The van der Waals surface area contributed by atoms with E-state index in [4.69, 9.17) is 9.47 Å². The van der Waals surface area contributed by atoms with E-state index in [9.17, 15) is 19.5 Å². The van der Waals surface area contributed by atoms with Crippen molar-refractivity contribution in [3.05, 3.63) is 59.7 Å². The fraction of sp³-hybridized carbons (Fsp3) is 0.423. The zero-order valence-electron chi connectivity index (χ0n) is 19.3. The van der Waals surface area contributed by atoms with Crippen molar-refractivity contribution in [2.75, 3.05) is 13.2 Å². The van der Waals surface area contributed by atoms with Crippen LogP contribution in [0.25, 0.3) is 11.1 Å². The minimum absolute atomic E-state index is 0.0653. The van der Waals surface area contributed by atoms with Crippen molar-refractivity contribution in [2.24, 2.45) is 5.92 Å². The summed E-state index contributed by atoms with van der Waals surface area (Å²) < 4.78 is 11.1. The van der Waals surface area contributed by atoms with Gasteiger partial charge in [-0.15, -0.1) is 0 Å². The van der Waals surface area contributed by atoms with Crippen LogP contribution < -0.4 is 10.6 Å². The Balaban J connectivity index is 1.36. The third kappa shape index (κ3) is 5.07. The zero-order chi connectivity index (χ0) is 24.2. The number of carboxylic acids is 1. The molecule has 2 aliphatic rings. The first-order valence-corrected chi connectivity index (χ1v) is 11.6. The number of ether oxygens (including phenoxy) is 2. The second-order valence-electron chi connectivity index (χ2n) is 9.19. The highest BCUT2D eigenvalue weighted by Gasteiger charge is 2.38. The molecule has 0 saturated carbocycles. The molecular weight excluding hydrogens is 436 g/mol. The molecule has 2 aromatic rings. The molecule has 0 aromatic heterocycles. The maximum absolute atomic E-state index is 12.7. The molecule has 34 heavy (non-hydrogen) atoms. The number of hydrogen-bond donors (Lipinski definition) is 3. The summed E-state index contributed by atoms with van der Waals surface area (Å²) in [5.41, 5.74) is 4.51. The summed E-state index contributed by atoms with van der Waals surface area (Å²) in [6, 6.07) is 14.6. The fourth-order valence-electron chi connectivity index (χ4n) is 4.73. The van der Waals surface area contributed by atoms with E-state index < -0.39 is 36.2 Å². The number of rotatable bonds is 8. The summed E-state index contributed by atoms with van der Waals surface area (Å²) >= 11 is 0. The fourth-order valence-corrected chi connectivity index (χ4v) is 4.73. The van der Waals surface area contributed by atoms with Crippen LogP contribution in [0.1, 0.15) is 43.7 Å². The molecule has 1 heterocycles. The molecule has 0 spiro atoms.